The summed E-state index contributed by atoms with van der Waals surface area (Å²) in [5.74, 6) is 1.87. The van der Waals surface area contributed by atoms with Crippen LogP contribution in [0.4, 0.5) is 0 Å². The number of para-hydroxylation sites is 1. The largest absolute Gasteiger partial charge is 0.496 e. The number of methoxy groups -OCH3 is 1. The molecule has 2 aliphatic rings. The molecule has 0 aliphatic carbocycles. The van der Waals surface area contributed by atoms with Gasteiger partial charge in [-0.1, -0.05) is 18.2 Å². The first kappa shape index (κ1) is 16.7. The van der Waals surface area contributed by atoms with Gasteiger partial charge >= 0.3 is 0 Å². The Balaban J connectivity index is 1.43. The van der Waals surface area contributed by atoms with E-state index in [0.717, 1.165) is 18.2 Å². The number of hydrogen-bond donors (Lipinski definition) is 1. The highest BCUT2D eigenvalue weighted by Crippen LogP contribution is 2.24. The average molecular weight is 317 g/mol. The molecule has 3 rings (SSSR count). The molecule has 0 amide bonds. The van der Waals surface area contributed by atoms with Crippen molar-refractivity contribution in [2.45, 2.75) is 38.3 Å². The van der Waals surface area contributed by atoms with Crippen LogP contribution < -0.4 is 10.5 Å². The lowest BCUT2D eigenvalue weighted by Crippen LogP contribution is -2.44. The normalized spacial score (nSPS) is 22.3. The first-order valence-corrected chi connectivity index (χ1v) is 9.07. The fraction of sp³-hybridized carbons (Fsp3) is 0.684. The maximum atomic E-state index is 6.00. The van der Waals surface area contributed by atoms with Crippen LogP contribution in [0.5, 0.6) is 5.75 Å². The van der Waals surface area contributed by atoms with Crippen molar-refractivity contribution in [3.05, 3.63) is 29.8 Å². The average Bonchev–Trinajstić information content (AvgIpc) is 2.59. The predicted molar refractivity (Wildman–Crippen MR) is 94.6 cm³/mol. The third kappa shape index (κ3) is 4.69. The SMILES string of the molecule is COc1ccccc1CN1CCC(CN2CCC(N)CC2)CC1. The van der Waals surface area contributed by atoms with Crippen LogP contribution >= 0.6 is 0 Å². The van der Waals surface area contributed by atoms with Crippen molar-refractivity contribution in [2.75, 3.05) is 39.8 Å². The lowest BCUT2D eigenvalue weighted by Gasteiger charge is -2.37. The van der Waals surface area contributed by atoms with Gasteiger partial charge in [-0.2, -0.15) is 0 Å². The van der Waals surface area contributed by atoms with Crippen LogP contribution in [0.3, 0.4) is 0 Å². The molecule has 0 saturated carbocycles. The van der Waals surface area contributed by atoms with Gasteiger partial charge in [0.2, 0.25) is 0 Å². The molecule has 0 aromatic heterocycles. The quantitative estimate of drug-likeness (QED) is 0.905. The molecule has 0 atom stereocenters. The van der Waals surface area contributed by atoms with E-state index in [1.165, 1.54) is 64.0 Å². The molecule has 4 nitrogen and oxygen atoms in total. The van der Waals surface area contributed by atoms with E-state index in [0.29, 0.717) is 6.04 Å². The maximum Gasteiger partial charge on any atom is 0.123 e. The van der Waals surface area contributed by atoms with E-state index in [-0.39, 0.29) is 0 Å². The molecule has 2 N–H and O–H groups in total. The molecule has 0 radical (unpaired) electrons. The van der Waals surface area contributed by atoms with E-state index in [1.54, 1.807) is 7.11 Å². The number of rotatable bonds is 5. The lowest BCUT2D eigenvalue weighted by molar-refractivity contribution is 0.123. The molecule has 2 heterocycles. The first-order chi connectivity index (χ1) is 11.2. The zero-order valence-electron chi connectivity index (χ0n) is 14.4. The van der Waals surface area contributed by atoms with Gasteiger partial charge < -0.3 is 15.4 Å². The molecule has 0 bridgehead atoms. The Morgan fingerprint density at radius 3 is 2.35 bits per heavy atom. The molecular weight excluding hydrogens is 286 g/mol. The third-order valence-electron chi connectivity index (χ3n) is 5.44. The predicted octanol–water partition coefficient (Wildman–Crippen LogP) is 2.33. The molecule has 1 aromatic carbocycles. The van der Waals surface area contributed by atoms with Gasteiger partial charge in [-0.15, -0.1) is 0 Å². The summed E-state index contributed by atoms with van der Waals surface area (Å²) in [5.41, 5.74) is 7.31. The van der Waals surface area contributed by atoms with Gasteiger partial charge in [-0.3, -0.25) is 4.90 Å². The second-order valence-electron chi connectivity index (χ2n) is 7.17. The molecule has 128 valence electrons. The van der Waals surface area contributed by atoms with E-state index < -0.39 is 0 Å². The molecule has 2 saturated heterocycles. The monoisotopic (exact) mass is 317 g/mol. The van der Waals surface area contributed by atoms with Crippen LogP contribution in [-0.4, -0.2) is 55.7 Å². The van der Waals surface area contributed by atoms with Crippen LogP contribution in [0, 0.1) is 5.92 Å². The zero-order valence-corrected chi connectivity index (χ0v) is 14.4. The Morgan fingerprint density at radius 1 is 1.00 bits per heavy atom. The number of ether oxygens (including phenoxy) is 1. The van der Waals surface area contributed by atoms with Crippen molar-refractivity contribution in [1.29, 1.82) is 0 Å². The third-order valence-corrected chi connectivity index (χ3v) is 5.44. The van der Waals surface area contributed by atoms with E-state index >= 15 is 0 Å². The van der Waals surface area contributed by atoms with Crippen LogP contribution in [0.15, 0.2) is 24.3 Å². The van der Waals surface area contributed by atoms with Crippen LogP contribution in [0.2, 0.25) is 0 Å². The van der Waals surface area contributed by atoms with Crippen molar-refractivity contribution >= 4 is 0 Å². The number of nitrogens with two attached hydrogens (primary N) is 1. The molecule has 0 unspecified atom stereocenters. The first-order valence-electron chi connectivity index (χ1n) is 9.07. The maximum absolute atomic E-state index is 6.00. The minimum absolute atomic E-state index is 0.439. The van der Waals surface area contributed by atoms with E-state index in [1.807, 2.05) is 6.07 Å². The zero-order chi connectivity index (χ0) is 16.1. The highest BCUT2D eigenvalue weighted by atomic mass is 16.5. The minimum atomic E-state index is 0.439. The van der Waals surface area contributed by atoms with Gasteiger partial charge in [0, 0.05) is 24.7 Å². The summed E-state index contributed by atoms with van der Waals surface area (Å²) in [5, 5.41) is 0. The van der Waals surface area contributed by atoms with Crippen molar-refractivity contribution in [2.24, 2.45) is 11.7 Å². The van der Waals surface area contributed by atoms with Crippen molar-refractivity contribution < 1.29 is 4.74 Å². The summed E-state index contributed by atoms with van der Waals surface area (Å²) < 4.78 is 5.47. The summed E-state index contributed by atoms with van der Waals surface area (Å²) in [6, 6.07) is 8.82. The van der Waals surface area contributed by atoms with Gasteiger partial charge in [0.25, 0.3) is 0 Å². The Hall–Kier alpha value is -1.10. The van der Waals surface area contributed by atoms with Gasteiger partial charge in [0.05, 0.1) is 7.11 Å². The van der Waals surface area contributed by atoms with E-state index in [2.05, 4.69) is 28.0 Å². The standard InChI is InChI=1S/C19H31N3O/c1-23-19-5-3-2-4-17(19)15-22-10-6-16(7-11-22)14-21-12-8-18(20)9-13-21/h2-5,16,18H,6-15,20H2,1H3. The Bertz CT molecular complexity index is 477. The smallest absolute Gasteiger partial charge is 0.123 e. The van der Waals surface area contributed by atoms with Gasteiger partial charge in [-0.25, -0.2) is 0 Å². The highest BCUT2D eigenvalue weighted by molar-refractivity contribution is 5.33. The summed E-state index contributed by atoms with van der Waals surface area (Å²) in [7, 11) is 1.76. The Morgan fingerprint density at radius 2 is 1.65 bits per heavy atom. The molecule has 2 aliphatic heterocycles. The molecule has 4 heteroatoms. The fourth-order valence-corrected chi connectivity index (χ4v) is 3.90. The lowest BCUT2D eigenvalue weighted by atomic mass is 9.94. The Labute approximate surface area is 140 Å². The number of likely N-dealkylation sites (tertiary alicyclic amines) is 2. The van der Waals surface area contributed by atoms with Crippen molar-refractivity contribution in [3.8, 4) is 5.75 Å². The summed E-state index contributed by atoms with van der Waals surface area (Å²) in [6.07, 6.45) is 4.98. The number of hydrogen-bond acceptors (Lipinski definition) is 4. The molecule has 23 heavy (non-hydrogen) atoms. The van der Waals surface area contributed by atoms with E-state index in [4.69, 9.17) is 10.5 Å². The van der Waals surface area contributed by atoms with Crippen LogP contribution in [-0.2, 0) is 6.54 Å². The summed E-state index contributed by atoms with van der Waals surface area (Å²) >= 11 is 0. The molecule has 0 spiro atoms. The summed E-state index contributed by atoms with van der Waals surface area (Å²) in [6.45, 7) is 7.09. The Kier molecular flexibility index (Phi) is 5.92. The van der Waals surface area contributed by atoms with Crippen LogP contribution in [0.1, 0.15) is 31.2 Å². The minimum Gasteiger partial charge on any atom is -0.496 e. The number of benzene rings is 1. The summed E-state index contributed by atoms with van der Waals surface area (Å²) in [4.78, 5) is 5.20. The van der Waals surface area contributed by atoms with Gasteiger partial charge in [0.1, 0.15) is 5.75 Å². The fourth-order valence-electron chi connectivity index (χ4n) is 3.90. The second-order valence-corrected chi connectivity index (χ2v) is 7.17. The second kappa shape index (κ2) is 8.13. The molecule has 1 aromatic rings. The number of piperidine rings is 2. The van der Waals surface area contributed by atoms with Crippen LogP contribution in [0.25, 0.3) is 0 Å². The number of nitrogens with zero attached hydrogens (tertiary/aromatic N) is 2. The van der Waals surface area contributed by atoms with E-state index in [9.17, 15) is 0 Å². The topological polar surface area (TPSA) is 41.7 Å². The molecule has 2 fully saturated rings. The van der Waals surface area contributed by atoms with Crippen molar-refractivity contribution in [3.63, 3.8) is 0 Å². The molecular formula is C19H31N3O. The highest BCUT2D eigenvalue weighted by Gasteiger charge is 2.24. The van der Waals surface area contributed by atoms with Gasteiger partial charge in [-0.05, 0) is 63.8 Å². The van der Waals surface area contributed by atoms with Gasteiger partial charge in [0.15, 0.2) is 0 Å². The van der Waals surface area contributed by atoms with Crippen molar-refractivity contribution in [1.82, 2.24) is 9.80 Å².